The van der Waals surface area contributed by atoms with E-state index in [0.29, 0.717) is 17.3 Å². The highest BCUT2D eigenvalue weighted by molar-refractivity contribution is 6.31. The van der Waals surface area contributed by atoms with Gasteiger partial charge in [-0.15, -0.1) is 0 Å². The van der Waals surface area contributed by atoms with Gasteiger partial charge in [-0.1, -0.05) is 18.5 Å². The minimum absolute atomic E-state index is 0.0657. The molecule has 1 spiro atoms. The van der Waals surface area contributed by atoms with Gasteiger partial charge in [0.1, 0.15) is 11.2 Å². The minimum atomic E-state index is -0.661. The van der Waals surface area contributed by atoms with Crippen LogP contribution < -0.4 is 0 Å². The van der Waals surface area contributed by atoms with Crippen molar-refractivity contribution in [3.8, 4) is 0 Å². The number of halogens is 1. The second-order valence-corrected chi connectivity index (χ2v) is 8.24. The van der Waals surface area contributed by atoms with Crippen LogP contribution in [0.25, 0.3) is 10.9 Å². The molecule has 2 aromatic rings. The number of aromatic nitrogens is 1. The Bertz CT molecular complexity index is 904. The van der Waals surface area contributed by atoms with Gasteiger partial charge in [0.05, 0.1) is 0 Å². The third-order valence-corrected chi connectivity index (χ3v) is 6.40. The van der Waals surface area contributed by atoms with E-state index in [2.05, 4.69) is 11.9 Å². The molecule has 1 atom stereocenters. The highest BCUT2D eigenvalue weighted by Crippen LogP contribution is 2.40. The lowest BCUT2D eigenvalue weighted by atomic mass is 9.85. The molecule has 4 rings (SSSR count). The van der Waals surface area contributed by atoms with Gasteiger partial charge in [-0.05, 0) is 62.8 Å². The maximum atomic E-state index is 13.5. The van der Waals surface area contributed by atoms with E-state index in [9.17, 15) is 9.59 Å². The molecule has 2 amide bonds. The monoisotopic (exact) mass is 387 g/mol. The average molecular weight is 388 g/mol. The number of carbonyl (C=O) groups excluding carboxylic acids is 2. The van der Waals surface area contributed by atoms with E-state index in [1.165, 1.54) is 0 Å². The van der Waals surface area contributed by atoms with Crippen molar-refractivity contribution in [2.75, 3.05) is 19.6 Å². The number of nitrogens with zero attached hydrogens (tertiary/aromatic N) is 2. The van der Waals surface area contributed by atoms with E-state index in [1.54, 1.807) is 0 Å². The smallest absolute Gasteiger partial charge is 0.271 e. The number of H-pyrrole nitrogens is 1. The van der Waals surface area contributed by atoms with Crippen LogP contribution in [0, 0.1) is 6.92 Å². The van der Waals surface area contributed by atoms with Crippen LogP contribution in [0.4, 0.5) is 0 Å². The molecule has 1 aromatic carbocycles. The Morgan fingerprint density at radius 3 is 2.74 bits per heavy atom. The molecule has 0 bridgehead atoms. The lowest BCUT2D eigenvalue weighted by Gasteiger charge is -2.44. The second kappa shape index (κ2) is 6.86. The highest BCUT2D eigenvalue weighted by atomic mass is 35.5. The van der Waals surface area contributed by atoms with E-state index in [-0.39, 0.29) is 11.8 Å². The summed E-state index contributed by atoms with van der Waals surface area (Å²) in [6.07, 6.45) is 4.31. The molecule has 0 radical (unpaired) electrons. The number of rotatable bonds is 3. The number of fused-ring (bicyclic) bond motifs is 1. The number of benzene rings is 1. The van der Waals surface area contributed by atoms with Crippen molar-refractivity contribution in [1.82, 2.24) is 14.8 Å². The van der Waals surface area contributed by atoms with Crippen LogP contribution in [-0.2, 0) is 4.79 Å². The van der Waals surface area contributed by atoms with E-state index >= 15 is 0 Å². The van der Waals surface area contributed by atoms with Crippen LogP contribution in [0.1, 0.15) is 55.1 Å². The summed E-state index contributed by atoms with van der Waals surface area (Å²) in [6.45, 7) is 6.25. The molecule has 2 saturated heterocycles. The van der Waals surface area contributed by atoms with Crippen LogP contribution >= 0.6 is 11.6 Å². The fourth-order valence-electron chi connectivity index (χ4n) is 4.85. The van der Waals surface area contributed by atoms with Gasteiger partial charge < -0.3 is 14.8 Å². The first-order valence-electron chi connectivity index (χ1n) is 9.87. The number of aryl methyl sites for hydroxylation is 1. The Morgan fingerprint density at radius 2 is 2.00 bits per heavy atom. The molecular weight excluding hydrogens is 362 g/mol. The van der Waals surface area contributed by atoms with Crippen molar-refractivity contribution >= 4 is 34.3 Å². The van der Waals surface area contributed by atoms with Crippen molar-refractivity contribution < 1.29 is 9.59 Å². The van der Waals surface area contributed by atoms with Gasteiger partial charge in [-0.25, -0.2) is 0 Å². The molecule has 2 aliphatic rings. The maximum absolute atomic E-state index is 13.5. The summed E-state index contributed by atoms with van der Waals surface area (Å²) >= 11 is 6.13. The summed E-state index contributed by atoms with van der Waals surface area (Å²) in [6, 6.07) is 5.60. The molecule has 0 saturated carbocycles. The summed E-state index contributed by atoms with van der Waals surface area (Å²) < 4.78 is 0. The van der Waals surface area contributed by atoms with Crippen molar-refractivity contribution in [2.24, 2.45) is 0 Å². The van der Waals surface area contributed by atoms with Gasteiger partial charge in [0, 0.05) is 35.6 Å². The number of aromatic amines is 1. The Hall–Kier alpha value is -2.01. The number of hydrogen-bond acceptors (Lipinski definition) is 2. The summed E-state index contributed by atoms with van der Waals surface area (Å²) in [5.74, 6) is 0.0716. The van der Waals surface area contributed by atoms with Crippen LogP contribution in [0.3, 0.4) is 0 Å². The molecule has 6 heteroatoms. The number of piperidine rings is 1. The fraction of sp³-hybridized carbons (Fsp3) is 0.524. The van der Waals surface area contributed by atoms with Crippen LogP contribution in [0.15, 0.2) is 18.2 Å². The Labute approximate surface area is 164 Å². The van der Waals surface area contributed by atoms with Crippen molar-refractivity contribution in [1.29, 1.82) is 0 Å². The first-order chi connectivity index (χ1) is 13.0. The quantitative estimate of drug-likeness (QED) is 0.860. The maximum Gasteiger partial charge on any atom is 0.271 e. The highest BCUT2D eigenvalue weighted by Gasteiger charge is 2.52. The standard InChI is InChI=1S/C21H26ClN3O2/c1-3-10-24-11-4-8-21(20(24)27)9-5-12-25(21)19(26)18-14(2)16-13-15(22)6-7-17(16)23-18/h6-7,13,23H,3-5,8-12H2,1-2H3. The molecule has 2 fully saturated rings. The lowest BCUT2D eigenvalue weighted by Crippen LogP contribution is -2.61. The van der Waals surface area contributed by atoms with Crippen molar-refractivity contribution in [3.63, 3.8) is 0 Å². The molecule has 0 aliphatic carbocycles. The van der Waals surface area contributed by atoms with E-state index in [4.69, 9.17) is 11.6 Å². The van der Waals surface area contributed by atoms with Gasteiger partial charge in [-0.2, -0.15) is 0 Å². The zero-order valence-electron chi connectivity index (χ0n) is 16.0. The molecule has 1 unspecified atom stereocenters. The van der Waals surface area contributed by atoms with E-state index < -0.39 is 5.54 Å². The van der Waals surface area contributed by atoms with Crippen molar-refractivity contribution in [3.05, 3.63) is 34.5 Å². The Morgan fingerprint density at radius 1 is 1.26 bits per heavy atom. The van der Waals surface area contributed by atoms with Crippen LogP contribution in [-0.4, -0.2) is 51.8 Å². The van der Waals surface area contributed by atoms with E-state index in [0.717, 1.165) is 61.7 Å². The summed E-state index contributed by atoms with van der Waals surface area (Å²) in [4.78, 5) is 33.8. The summed E-state index contributed by atoms with van der Waals surface area (Å²) in [5, 5.41) is 1.61. The van der Waals surface area contributed by atoms with E-state index in [1.807, 2.05) is 34.9 Å². The predicted molar refractivity (Wildman–Crippen MR) is 107 cm³/mol. The summed E-state index contributed by atoms with van der Waals surface area (Å²) in [7, 11) is 0. The number of carbonyl (C=O) groups is 2. The number of nitrogens with one attached hydrogen (secondary N) is 1. The number of likely N-dealkylation sites (tertiary alicyclic amines) is 2. The Balaban J connectivity index is 1.71. The van der Waals surface area contributed by atoms with Gasteiger partial charge in [0.25, 0.3) is 5.91 Å². The van der Waals surface area contributed by atoms with Gasteiger partial charge in [0.2, 0.25) is 5.91 Å². The predicted octanol–water partition coefficient (Wildman–Crippen LogP) is 4.14. The average Bonchev–Trinajstić information content (AvgIpc) is 3.21. The zero-order valence-corrected chi connectivity index (χ0v) is 16.7. The molecule has 144 valence electrons. The van der Waals surface area contributed by atoms with Crippen LogP contribution in [0.2, 0.25) is 5.02 Å². The number of hydrogen-bond donors (Lipinski definition) is 1. The van der Waals surface area contributed by atoms with Gasteiger partial charge in [0.15, 0.2) is 0 Å². The molecule has 27 heavy (non-hydrogen) atoms. The fourth-order valence-corrected chi connectivity index (χ4v) is 5.03. The first-order valence-corrected chi connectivity index (χ1v) is 10.2. The third kappa shape index (κ3) is 2.83. The Kier molecular flexibility index (Phi) is 4.66. The minimum Gasteiger partial charge on any atom is -0.350 e. The van der Waals surface area contributed by atoms with Gasteiger partial charge in [-0.3, -0.25) is 9.59 Å². The molecule has 1 N–H and O–H groups in total. The van der Waals surface area contributed by atoms with Gasteiger partial charge >= 0.3 is 0 Å². The first kappa shape index (κ1) is 18.4. The normalized spacial score (nSPS) is 23.0. The summed E-state index contributed by atoms with van der Waals surface area (Å²) in [5.41, 5.74) is 1.71. The molecule has 2 aliphatic heterocycles. The molecule has 1 aromatic heterocycles. The third-order valence-electron chi connectivity index (χ3n) is 6.17. The zero-order chi connectivity index (χ0) is 19.2. The topological polar surface area (TPSA) is 56.4 Å². The van der Waals surface area contributed by atoms with Crippen molar-refractivity contribution in [2.45, 2.75) is 51.5 Å². The molecule has 3 heterocycles. The number of amides is 2. The molecular formula is C21H26ClN3O2. The molecule has 5 nitrogen and oxygen atoms in total. The second-order valence-electron chi connectivity index (χ2n) is 7.80. The largest absolute Gasteiger partial charge is 0.350 e. The van der Waals surface area contributed by atoms with Crippen LogP contribution in [0.5, 0.6) is 0 Å². The lowest BCUT2D eigenvalue weighted by molar-refractivity contribution is -0.145. The SMILES string of the molecule is CCCN1CCCC2(CCCN2C(=O)c2[nH]c3ccc(Cl)cc3c2C)C1=O.